The summed E-state index contributed by atoms with van der Waals surface area (Å²) in [6.07, 6.45) is 5.27. The predicted molar refractivity (Wildman–Crippen MR) is 92.5 cm³/mol. The molecule has 0 aromatic carbocycles. The van der Waals surface area contributed by atoms with Crippen molar-refractivity contribution in [1.82, 2.24) is 14.6 Å². The van der Waals surface area contributed by atoms with E-state index in [-0.39, 0.29) is 36.9 Å². The number of aliphatic hydroxyl groups is 1. The molecule has 2 rings (SSSR count). The van der Waals surface area contributed by atoms with Crippen LogP contribution in [0.2, 0.25) is 0 Å². The van der Waals surface area contributed by atoms with Crippen LogP contribution in [-0.4, -0.2) is 61.8 Å². The molecule has 1 amide bonds. The highest BCUT2D eigenvalue weighted by atomic mass is 32.2. The number of amides is 1. The standard InChI is InChI=1S/C16H25N3O5S/c1-19(25(3,22)23)5-4-15(21)18-16(11-6-13(20)7-11)12-8-14(24-2)10-17-9-12/h8-11,13,16,20H,4-7H2,1-3H3,(H,18,21)/t11?,13?,16-/m0/s1. The number of nitrogens with one attached hydrogen (secondary N) is 1. The lowest BCUT2D eigenvalue weighted by Crippen LogP contribution is -2.42. The third kappa shape index (κ3) is 5.38. The van der Waals surface area contributed by atoms with Gasteiger partial charge in [-0.1, -0.05) is 0 Å². The van der Waals surface area contributed by atoms with Gasteiger partial charge in [0.25, 0.3) is 0 Å². The summed E-state index contributed by atoms with van der Waals surface area (Å²) >= 11 is 0. The average molecular weight is 371 g/mol. The Bertz CT molecular complexity index is 703. The summed E-state index contributed by atoms with van der Waals surface area (Å²) in [6.45, 7) is 0.112. The molecule has 0 aliphatic heterocycles. The van der Waals surface area contributed by atoms with E-state index in [0.29, 0.717) is 18.6 Å². The Morgan fingerprint density at radius 1 is 1.48 bits per heavy atom. The molecule has 0 unspecified atom stereocenters. The zero-order valence-electron chi connectivity index (χ0n) is 14.7. The summed E-state index contributed by atoms with van der Waals surface area (Å²) in [4.78, 5) is 16.4. The highest BCUT2D eigenvalue weighted by Gasteiger charge is 2.36. The Labute approximate surface area is 148 Å². The number of aliphatic hydroxyl groups excluding tert-OH is 1. The molecule has 9 heteroatoms. The van der Waals surface area contributed by atoms with Crippen LogP contribution < -0.4 is 10.1 Å². The Hall–Kier alpha value is -1.71. The van der Waals surface area contributed by atoms with Crippen molar-refractivity contribution in [3.63, 3.8) is 0 Å². The molecule has 0 radical (unpaired) electrons. The lowest BCUT2D eigenvalue weighted by atomic mass is 9.75. The topological polar surface area (TPSA) is 109 Å². The van der Waals surface area contributed by atoms with Gasteiger partial charge in [0.05, 0.1) is 31.7 Å². The molecule has 1 heterocycles. The Morgan fingerprint density at radius 3 is 2.72 bits per heavy atom. The number of hydrogen-bond donors (Lipinski definition) is 2. The van der Waals surface area contributed by atoms with Gasteiger partial charge in [0, 0.05) is 26.2 Å². The molecule has 0 saturated heterocycles. The fourth-order valence-corrected chi connectivity index (χ4v) is 3.19. The van der Waals surface area contributed by atoms with Crippen LogP contribution in [0.4, 0.5) is 0 Å². The SMILES string of the molecule is COc1cncc([C@@H](NC(=O)CCN(C)S(C)(=O)=O)C2CC(O)C2)c1. The summed E-state index contributed by atoms with van der Waals surface area (Å²) in [5.41, 5.74) is 0.807. The van der Waals surface area contributed by atoms with Crippen molar-refractivity contribution < 1.29 is 23.1 Å². The van der Waals surface area contributed by atoms with Crippen LogP contribution in [-0.2, 0) is 14.8 Å². The van der Waals surface area contributed by atoms with Gasteiger partial charge in [-0.15, -0.1) is 0 Å². The maximum absolute atomic E-state index is 12.3. The fourth-order valence-electron chi connectivity index (χ4n) is 2.76. The molecule has 0 spiro atoms. The summed E-state index contributed by atoms with van der Waals surface area (Å²) in [7, 11) is -0.328. The number of hydrogen-bond acceptors (Lipinski definition) is 6. The van der Waals surface area contributed by atoms with Crippen molar-refractivity contribution >= 4 is 15.9 Å². The largest absolute Gasteiger partial charge is 0.495 e. The van der Waals surface area contributed by atoms with Crippen LogP contribution in [0.5, 0.6) is 5.75 Å². The second-order valence-corrected chi connectivity index (χ2v) is 8.51. The summed E-state index contributed by atoms with van der Waals surface area (Å²) in [5.74, 6) is 0.457. The van der Waals surface area contributed by atoms with E-state index >= 15 is 0 Å². The minimum atomic E-state index is -3.31. The van der Waals surface area contributed by atoms with Crippen molar-refractivity contribution in [3.05, 3.63) is 24.0 Å². The number of carbonyl (C=O) groups is 1. The highest BCUT2D eigenvalue weighted by molar-refractivity contribution is 7.88. The zero-order chi connectivity index (χ0) is 18.6. The second kappa shape index (κ2) is 8.11. The van der Waals surface area contributed by atoms with Gasteiger partial charge in [-0.3, -0.25) is 9.78 Å². The van der Waals surface area contributed by atoms with Crippen LogP contribution >= 0.6 is 0 Å². The van der Waals surface area contributed by atoms with E-state index in [0.717, 1.165) is 16.1 Å². The van der Waals surface area contributed by atoms with E-state index in [9.17, 15) is 18.3 Å². The molecular weight excluding hydrogens is 346 g/mol. The van der Waals surface area contributed by atoms with Gasteiger partial charge in [-0.05, 0) is 30.4 Å². The van der Waals surface area contributed by atoms with E-state index < -0.39 is 10.0 Å². The zero-order valence-corrected chi connectivity index (χ0v) is 15.5. The number of sulfonamides is 1. The first kappa shape index (κ1) is 19.6. The average Bonchev–Trinajstić information content (AvgIpc) is 2.54. The summed E-state index contributed by atoms with van der Waals surface area (Å²) in [6, 6.07) is 1.52. The molecule has 1 aliphatic rings. The summed E-state index contributed by atoms with van der Waals surface area (Å²) < 4.78 is 29.1. The Kier molecular flexibility index (Phi) is 6.36. The van der Waals surface area contributed by atoms with Crippen molar-refractivity contribution in [2.45, 2.75) is 31.4 Å². The number of ether oxygens (including phenoxy) is 1. The monoisotopic (exact) mass is 371 g/mol. The minimum Gasteiger partial charge on any atom is -0.495 e. The Balaban J connectivity index is 2.05. The smallest absolute Gasteiger partial charge is 0.221 e. The number of nitrogens with zero attached hydrogens (tertiary/aromatic N) is 2. The van der Waals surface area contributed by atoms with Crippen LogP contribution in [0.3, 0.4) is 0 Å². The van der Waals surface area contributed by atoms with E-state index in [4.69, 9.17) is 4.74 Å². The highest BCUT2D eigenvalue weighted by Crippen LogP contribution is 2.38. The van der Waals surface area contributed by atoms with E-state index in [1.54, 1.807) is 19.5 Å². The first-order chi connectivity index (χ1) is 11.7. The molecule has 8 nitrogen and oxygen atoms in total. The van der Waals surface area contributed by atoms with Crippen molar-refractivity contribution in [1.29, 1.82) is 0 Å². The molecule has 0 bridgehead atoms. The number of carbonyl (C=O) groups excluding carboxylic acids is 1. The molecule has 140 valence electrons. The maximum Gasteiger partial charge on any atom is 0.221 e. The molecule has 1 aromatic heterocycles. The Morgan fingerprint density at radius 2 is 2.16 bits per heavy atom. The first-order valence-corrected chi connectivity index (χ1v) is 9.93. The van der Waals surface area contributed by atoms with Crippen LogP contribution in [0.25, 0.3) is 0 Å². The normalized spacial score (nSPS) is 21.5. The van der Waals surface area contributed by atoms with E-state index in [2.05, 4.69) is 10.3 Å². The predicted octanol–water partition coefficient (Wildman–Crippen LogP) is 0.300. The van der Waals surface area contributed by atoms with Crippen molar-refractivity contribution in [2.24, 2.45) is 5.92 Å². The number of pyridine rings is 1. The first-order valence-electron chi connectivity index (χ1n) is 8.08. The van der Waals surface area contributed by atoms with Crippen molar-refractivity contribution in [2.75, 3.05) is 27.0 Å². The number of rotatable bonds is 8. The van der Waals surface area contributed by atoms with Crippen LogP contribution in [0, 0.1) is 5.92 Å². The molecule has 2 N–H and O–H groups in total. The van der Waals surface area contributed by atoms with Gasteiger partial charge in [0.15, 0.2) is 0 Å². The third-order valence-corrected chi connectivity index (χ3v) is 5.80. The van der Waals surface area contributed by atoms with Gasteiger partial charge in [-0.2, -0.15) is 0 Å². The van der Waals surface area contributed by atoms with Gasteiger partial charge < -0.3 is 15.2 Å². The maximum atomic E-state index is 12.3. The number of aromatic nitrogens is 1. The van der Waals surface area contributed by atoms with Gasteiger partial charge >= 0.3 is 0 Å². The molecule has 1 aliphatic carbocycles. The van der Waals surface area contributed by atoms with E-state index in [1.807, 2.05) is 6.07 Å². The van der Waals surface area contributed by atoms with Crippen LogP contribution in [0.1, 0.15) is 30.9 Å². The molecule has 25 heavy (non-hydrogen) atoms. The van der Waals surface area contributed by atoms with Gasteiger partial charge in [0.2, 0.25) is 15.9 Å². The number of methoxy groups -OCH3 is 1. The van der Waals surface area contributed by atoms with E-state index in [1.165, 1.54) is 7.05 Å². The molecule has 1 atom stereocenters. The van der Waals surface area contributed by atoms with Gasteiger partial charge in [-0.25, -0.2) is 12.7 Å². The fraction of sp³-hybridized carbons (Fsp3) is 0.625. The lowest BCUT2D eigenvalue weighted by Gasteiger charge is -2.38. The molecular formula is C16H25N3O5S. The second-order valence-electron chi connectivity index (χ2n) is 6.42. The minimum absolute atomic E-state index is 0.0622. The molecule has 1 saturated carbocycles. The van der Waals surface area contributed by atoms with Crippen LogP contribution in [0.15, 0.2) is 18.5 Å². The third-order valence-electron chi connectivity index (χ3n) is 4.49. The van der Waals surface area contributed by atoms with Gasteiger partial charge in [0.1, 0.15) is 5.75 Å². The summed E-state index contributed by atoms with van der Waals surface area (Å²) in [5, 5.41) is 12.5. The van der Waals surface area contributed by atoms with Crippen molar-refractivity contribution in [3.8, 4) is 5.75 Å². The molecule has 1 aromatic rings. The quantitative estimate of drug-likeness (QED) is 0.680. The lowest BCUT2D eigenvalue weighted by molar-refractivity contribution is -0.123. The molecule has 1 fully saturated rings.